The van der Waals surface area contributed by atoms with E-state index in [0.29, 0.717) is 6.32 Å². The van der Waals surface area contributed by atoms with E-state index in [1.165, 1.54) is 11.5 Å². The van der Waals surface area contributed by atoms with Gasteiger partial charge in [0.1, 0.15) is 0 Å². The summed E-state index contributed by atoms with van der Waals surface area (Å²) in [6.45, 7) is 0. The van der Waals surface area contributed by atoms with Crippen molar-refractivity contribution in [3.8, 4) is 0 Å². The second kappa shape index (κ2) is 2.64. The maximum atomic E-state index is 5.29. The van der Waals surface area contributed by atoms with Gasteiger partial charge in [-0.2, -0.15) is 4.37 Å². The zero-order valence-corrected chi connectivity index (χ0v) is 6.50. The summed E-state index contributed by atoms with van der Waals surface area (Å²) in [5, 5.41) is 0. The van der Waals surface area contributed by atoms with Crippen molar-refractivity contribution in [1.29, 1.82) is 0 Å². The van der Waals surface area contributed by atoms with E-state index >= 15 is 0 Å². The van der Waals surface area contributed by atoms with Gasteiger partial charge in [-0.1, -0.05) is 0 Å². The van der Waals surface area contributed by atoms with Gasteiger partial charge in [0.15, 0.2) is 0 Å². The van der Waals surface area contributed by atoms with Gasteiger partial charge in [0.2, 0.25) is 0 Å². The van der Waals surface area contributed by atoms with E-state index < -0.39 is 0 Å². The van der Waals surface area contributed by atoms with E-state index in [0.717, 1.165) is 9.48 Å². The summed E-state index contributed by atoms with van der Waals surface area (Å²) in [4.78, 5) is 0. The summed E-state index contributed by atoms with van der Waals surface area (Å²) < 4.78 is 5.04. The highest BCUT2D eigenvalue weighted by molar-refractivity contribution is 9.11. The highest BCUT2D eigenvalue weighted by atomic mass is 79.9. The molecule has 8 heavy (non-hydrogen) atoms. The predicted octanol–water partition coefficient (Wildman–Crippen LogP) is 1.57. The van der Waals surface area contributed by atoms with Gasteiger partial charge in [0.05, 0.1) is 11.6 Å². The largest absolute Gasteiger partial charge is 0.197 e. The number of hydrogen-bond donors (Lipinski definition) is 0. The van der Waals surface area contributed by atoms with Crippen LogP contribution in [0, 0.1) is 0 Å². The van der Waals surface area contributed by atoms with Crippen molar-refractivity contribution >= 4 is 35.3 Å². The Labute approximate surface area is 61.8 Å². The second-order valence-electron chi connectivity index (χ2n) is 1.33. The first-order valence-corrected chi connectivity index (χ1v) is 3.70. The van der Waals surface area contributed by atoms with Crippen LogP contribution in [0.15, 0.2) is 9.85 Å². The van der Waals surface area contributed by atoms with Crippen LogP contribution in [0.5, 0.6) is 0 Å². The van der Waals surface area contributed by atoms with Crippen molar-refractivity contribution in [2.24, 2.45) is 0 Å². The van der Waals surface area contributed by atoms with E-state index in [-0.39, 0.29) is 0 Å². The molecule has 0 aliphatic carbocycles. The van der Waals surface area contributed by atoms with Gasteiger partial charge in [-0.25, -0.2) is 0 Å². The third kappa shape index (κ3) is 1.32. The first-order valence-electron chi connectivity index (χ1n) is 2.14. The lowest BCUT2D eigenvalue weighted by molar-refractivity contribution is 1.29. The average Bonchev–Trinajstić information content (AvgIpc) is 2.14. The van der Waals surface area contributed by atoms with Gasteiger partial charge in [0.25, 0.3) is 0 Å². The number of aromatic nitrogens is 1. The van der Waals surface area contributed by atoms with Gasteiger partial charge < -0.3 is 0 Å². The van der Waals surface area contributed by atoms with Crippen molar-refractivity contribution in [2.75, 3.05) is 0 Å². The molecular formula is C4H3BBrNS. The topological polar surface area (TPSA) is 12.9 Å². The van der Waals surface area contributed by atoms with E-state index in [1.54, 1.807) is 0 Å². The molecule has 0 saturated carbocycles. The summed E-state index contributed by atoms with van der Waals surface area (Å²) in [6.07, 6.45) is 0.530. The third-order valence-corrected chi connectivity index (χ3v) is 2.02. The van der Waals surface area contributed by atoms with E-state index in [2.05, 4.69) is 20.3 Å². The second-order valence-corrected chi connectivity index (χ2v) is 3.51. The van der Waals surface area contributed by atoms with Gasteiger partial charge in [-0.15, -0.1) is 0 Å². The predicted molar refractivity (Wildman–Crippen MR) is 39.3 cm³/mol. The molecule has 1 rings (SSSR count). The first-order chi connectivity index (χ1) is 3.83. The Hall–Kier alpha value is 0.175. The molecule has 0 unspecified atom stereocenters. The number of halogens is 1. The molecule has 0 fully saturated rings. The van der Waals surface area contributed by atoms with E-state index in [4.69, 9.17) is 7.85 Å². The zero-order chi connectivity index (χ0) is 5.98. The molecule has 2 radical (unpaired) electrons. The molecule has 0 N–H and O–H groups in total. The Balaban J connectivity index is 2.84. The first kappa shape index (κ1) is 6.30. The van der Waals surface area contributed by atoms with Crippen LogP contribution in [-0.4, -0.2) is 12.2 Å². The van der Waals surface area contributed by atoms with Crippen LogP contribution < -0.4 is 0 Å². The Bertz CT molecular complexity index is 176. The summed E-state index contributed by atoms with van der Waals surface area (Å²) in [6, 6.07) is 1.92. The Morgan fingerprint density at radius 1 is 1.88 bits per heavy atom. The highest BCUT2D eigenvalue weighted by Crippen LogP contribution is 2.16. The molecule has 0 atom stereocenters. The molecule has 1 nitrogen and oxygen atoms in total. The quantitative estimate of drug-likeness (QED) is 0.609. The van der Waals surface area contributed by atoms with Crippen molar-refractivity contribution in [2.45, 2.75) is 6.32 Å². The van der Waals surface area contributed by atoms with Crippen LogP contribution in [-0.2, 0) is 6.32 Å². The fourth-order valence-corrected chi connectivity index (χ4v) is 1.38. The SMILES string of the molecule is [B]Cc1cc(Br)sn1. The average molecular weight is 188 g/mol. The third-order valence-electron chi connectivity index (χ3n) is 0.739. The summed E-state index contributed by atoms with van der Waals surface area (Å²) in [7, 11) is 5.29. The lowest BCUT2D eigenvalue weighted by atomic mass is 10.0. The van der Waals surface area contributed by atoms with Crippen LogP contribution in [0.3, 0.4) is 0 Å². The van der Waals surface area contributed by atoms with Crippen molar-refractivity contribution in [3.63, 3.8) is 0 Å². The minimum Gasteiger partial charge on any atom is -0.197 e. The molecule has 0 bridgehead atoms. The maximum Gasteiger partial charge on any atom is 0.0907 e. The van der Waals surface area contributed by atoms with Crippen molar-refractivity contribution in [3.05, 3.63) is 15.5 Å². The van der Waals surface area contributed by atoms with Crippen molar-refractivity contribution < 1.29 is 0 Å². The Kier molecular flexibility index (Phi) is 2.08. The standard InChI is InChI=1S/C4H3BBrNS/c5-2-3-1-4(6)8-7-3/h1H,2H2. The molecule has 0 saturated heterocycles. The monoisotopic (exact) mass is 187 g/mol. The molecule has 1 aromatic heterocycles. The minimum absolute atomic E-state index is 0.530. The molecule has 0 aliphatic heterocycles. The molecule has 40 valence electrons. The minimum atomic E-state index is 0.530. The smallest absolute Gasteiger partial charge is 0.0907 e. The van der Waals surface area contributed by atoms with Crippen LogP contribution in [0.4, 0.5) is 0 Å². The molecule has 1 aromatic rings. The normalized spacial score (nSPS) is 9.62. The Morgan fingerprint density at radius 2 is 2.62 bits per heavy atom. The zero-order valence-electron chi connectivity index (χ0n) is 4.10. The number of nitrogens with zero attached hydrogens (tertiary/aromatic N) is 1. The lowest BCUT2D eigenvalue weighted by Gasteiger charge is -1.77. The van der Waals surface area contributed by atoms with Crippen LogP contribution in [0.1, 0.15) is 5.69 Å². The lowest BCUT2D eigenvalue weighted by Crippen LogP contribution is -1.78. The molecule has 0 aliphatic rings. The fourth-order valence-electron chi connectivity index (χ4n) is 0.382. The number of hydrogen-bond acceptors (Lipinski definition) is 2. The molecule has 4 heteroatoms. The Morgan fingerprint density at radius 3 is 2.88 bits per heavy atom. The number of rotatable bonds is 1. The van der Waals surface area contributed by atoms with Gasteiger partial charge in [-0.05, 0) is 39.8 Å². The molecule has 1 heterocycles. The van der Waals surface area contributed by atoms with Gasteiger partial charge >= 0.3 is 0 Å². The summed E-state index contributed by atoms with van der Waals surface area (Å²) >= 11 is 4.69. The van der Waals surface area contributed by atoms with Crippen LogP contribution >= 0.6 is 27.5 Å². The van der Waals surface area contributed by atoms with E-state index in [9.17, 15) is 0 Å². The van der Waals surface area contributed by atoms with Crippen molar-refractivity contribution in [1.82, 2.24) is 4.37 Å². The van der Waals surface area contributed by atoms with Crippen LogP contribution in [0.2, 0.25) is 0 Å². The summed E-state index contributed by atoms with van der Waals surface area (Å²) in [5.74, 6) is 0. The molecule has 0 spiro atoms. The van der Waals surface area contributed by atoms with E-state index in [1.807, 2.05) is 6.07 Å². The maximum absolute atomic E-state index is 5.29. The highest BCUT2D eigenvalue weighted by Gasteiger charge is 1.92. The molecule has 0 amide bonds. The van der Waals surface area contributed by atoms with Gasteiger partial charge in [0, 0.05) is 5.69 Å². The fraction of sp³-hybridized carbons (Fsp3) is 0.250. The van der Waals surface area contributed by atoms with Gasteiger partial charge in [-0.3, -0.25) is 0 Å². The molecule has 0 aromatic carbocycles. The van der Waals surface area contributed by atoms with Crippen LogP contribution in [0.25, 0.3) is 0 Å². The molecular weight excluding hydrogens is 185 g/mol. The summed E-state index contributed by atoms with van der Waals surface area (Å²) in [5.41, 5.74) is 0.946.